The Bertz CT molecular complexity index is 712. The summed E-state index contributed by atoms with van der Waals surface area (Å²) in [4.78, 5) is 12.4. The zero-order valence-electron chi connectivity index (χ0n) is 13.4. The maximum Gasteiger partial charge on any atom is 0.345 e. The van der Waals surface area contributed by atoms with Crippen LogP contribution in [0.15, 0.2) is 33.6 Å². The minimum absolute atomic E-state index is 0.104. The molecule has 0 amide bonds. The van der Waals surface area contributed by atoms with Crippen molar-refractivity contribution in [3.63, 3.8) is 0 Å². The highest BCUT2D eigenvalue weighted by Crippen LogP contribution is 2.15. The average Bonchev–Trinajstić information content (AvgIpc) is 2.38. The van der Waals surface area contributed by atoms with E-state index in [9.17, 15) is 13.2 Å². The van der Waals surface area contributed by atoms with Gasteiger partial charge < -0.3 is 4.74 Å². The summed E-state index contributed by atoms with van der Waals surface area (Å²) in [5.74, 6) is -0.517. The summed E-state index contributed by atoms with van der Waals surface area (Å²) in [5.41, 5.74) is 1.13. The standard InChI is InChI=1S/C15H21NO4S2/c1-6-20-15(17)14(21(4)5)12(3)16-22(18,19)13-9-7-11(2)8-10-13/h7-10H,6H2,1-5H3/b16-12+. The van der Waals surface area contributed by atoms with E-state index >= 15 is 0 Å². The topological polar surface area (TPSA) is 72.8 Å². The van der Waals surface area contributed by atoms with Gasteiger partial charge in [0.05, 0.1) is 17.2 Å². The molecule has 1 aromatic carbocycles. The average molecular weight is 343 g/mol. The number of esters is 1. The van der Waals surface area contributed by atoms with Gasteiger partial charge in [-0.2, -0.15) is 23.3 Å². The number of aryl methyl sites for hydroxylation is 1. The number of benzene rings is 1. The largest absolute Gasteiger partial charge is 0.462 e. The zero-order valence-corrected chi connectivity index (χ0v) is 15.0. The second-order valence-corrected chi connectivity index (χ2v) is 8.48. The maximum absolute atomic E-state index is 12.3. The van der Waals surface area contributed by atoms with Crippen LogP contribution in [0.25, 0.3) is 0 Å². The maximum atomic E-state index is 12.3. The van der Waals surface area contributed by atoms with Gasteiger partial charge in [-0.15, -0.1) is 0 Å². The normalized spacial score (nSPS) is 12.4. The molecule has 122 valence electrons. The van der Waals surface area contributed by atoms with Gasteiger partial charge in [0.1, 0.15) is 4.86 Å². The molecule has 0 aromatic heterocycles. The molecule has 0 aliphatic rings. The van der Waals surface area contributed by atoms with Crippen LogP contribution < -0.4 is 0 Å². The Balaban J connectivity index is 3.26. The van der Waals surface area contributed by atoms with Crippen LogP contribution in [0.1, 0.15) is 19.4 Å². The van der Waals surface area contributed by atoms with Crippen LogP contribution in [-0.4, -0.2) is 44.1 Å². The van der Waals surface area contributed by atoms with Gasteiger partial charge in [-0.25, -0.2) is 4.79 Å². The summed E-state index contributed by atoms with van der Waals surface area (Å²) in [6, 6.07) is 6.42. The molecule has 0 atom stereocenters. The van der Waals surface area contributed by atoms with E-state index in [-0.39, 0.29) is 17.2 Å². The third kappa shape index (κ3) is 4.78. The van der Waals surface area contributed by atoms with Crippen molar-refractivity contribution in [2.24, 2.45) is 4.40 Å². The van der Waals surface area contributed by atoms with Gasteiger partial charge in [-0.3, -0.25) is 0 Å². The fraction of sp³-hybridized carbons (Fsp3) is 0.400. The highest BCUT2D eigenvalue weighted by Gasteiger charge is 2.20. The number of rotatable bonds is 5. The molecular formula is C15H21NO4S2. The van der Waals surface area contributed by atoms with Gasteiger partial charge in [0.25, 0.3) is 10.0 Å². The third-order valence-corrected chi connectivity index (χ3v) is 5.43. The smallest absolute Gasteiger partial charge is 0.345 e. The Kier molecular flexibility index (Phi) is 6.49. The molecule has 0 N–H and O–H groups in total. The first-order valence-corrected chi connectivity index (χ1v) is 10.2. The van der Waals surface area contributed by atoms with Gasteiger partial charge in [0, 0.05) is 0 Å². The Morgan fingerprint density at radius 3 is 2.23 bits per heavy atom. The quantitative estimate of drug-likeness (QED) is 0.467. The van der Waals surface area contributed by atoms with E-state index in [4.69, 9.17) is 4.74 Å². The van der Waals surface area contributed by atoms with Crippen molar-refractivity contribution in [2.75, 3.05) is 19.1 Å². The molecule has 0 saturated heterocycles. The molecular weight excluding hydrogens is 322 g/mol. The van der Waals surface area contributed by atoms with E-state index in [1.165, 1.54) is 19.1 Å². The Hall–Kier alpha value is -1.47. The number of hydrogen-bond donors (Lipinski definition) is 0. The fourth-order valence-corrected chi connectivity index (χ4v) is 3.91. The molecule has 0 fully saturated rings. The molecule has 0 radical (unpaired) electrons. The van der Waals surface area contributed by atoms with Crippen molar-refractivity contribution >= 4 is 37.1 Å². The molecule has 7 heteroatoms. The SMILES string of the molecule is CCOC(=O)C(/C(C)=N/S(=O)(=O)c1ccc(C)cc1)=S(C)C. The molecule has 0 heterocycles. The van der Waals surface area contributed by atoms with Crippen LogP contribution >= 0.6 is 10.5 Å². The van der Waals surface area contributed by atoms with Crippen molar-refractivity contribution in [2.45, 2.75) is 25.7 Å². The number of ether oxygens (including phenoxy) is 1. The molecule has 0 aliphatic heterocycles. The molecule has 1 aromatic rings. The zero-order chi connectivity index (χ0) is 16.9. The second kappa shape index (κ2) is 7.69. The lowest BCUT2D eigenvalue weighted by molar-refractivity contribution is -0.134. The van der Waals surface area contributed by atoms with Crippen molar-refractivity contribution in [3.8, 4) is 0 Å². The predicted octanol–water partition coefficient (Wildman–Crippen LogP) is 2.41. The highest BCUT2D eigenvalue weighted by molar-refractivity contribution is 8.16. The summed E-state index contributed by atoms with van der Waals surface area (Å²) < 4.78 is 33.4. The molecule has 0 bridgehead atoms. The van der Waals surface area contributed by atoms with E-state index in [0.717, 1.165) is 5.56 Å². The number of carbonyl (C=O) groups excluding carboxylic acids is 1. The van der Waals surface area contributed by atoms with Crippen molar-refractivity contribution in [1.82, 2.24) is 0 Å². The van der Waals surface area contributed by atoms with E-state index in [1.807, 2.05) is 19.4 Å². The van der Waals surface area contributed by atoms with Crippen LogP contribution in [0.2, 0.25) is 0 Å². The summed E-state index contributed by atoms with van der Waals surface area (Å²) in [6.07, 6.45) is 3.65. The lowest BCUT2D eigenvalue weighted by Gasteiger charge is -2.09. The Labute approximate surface area is 134 Å². The Morgan fingerprint density at radius 2 is 1.77 bits per heavy atom. The van der Waals surface area contributed by atoms with E-state index in [1.54, 1.807) is 19.1 Å². The van der Waals surface area contributed by atoms with E-state index in [2.05, 4.69) is 4.40 Å². The molecule has 1 rings (SSSR count). The number of carbonyl (C=O) groups is 1. The van der Waals surface area contributed by atoms with Gasteiger partial charge in [0.2, 0.25) is 0 Å². The first kappa shape index (κ1) is 18.6. The lowest BCUT2D eigenvalue weighted by Crippen LogP contribution is -2.25. The molecule has 0 unspecified atom stereocenters. The third-order valence-electron chi connectivity index (χ3n) is 2.77. The molecule has 0 aliphatic carbocycles. The van der Waals surface area contributed by atoms with Crippen LogP contribution in [0.4, 0.5) is 0 Å². The minimum Gasteiger partial charge on any atom is -0.462 e. The molecule has 0 saturated carbocycles. The van der Waals surface area contributed by atoms with Crippen molar-refractivity contribution < 1.29 is 17.9 Å². The summed E-state index contributed by atoms with van der Waals surface area (Å²) in [5, 5.41) is 0. The summed E-state index contributed by atoms with van der Waals surface area (Å²) >= 11 is 0. The van der Waals surface area contributed by atoms with Crippen LogP contribution in [-0.2, 0) is 19.6 Å². The van der Waals surface area contributed by atoms with Gasteiger partial charge >= 0.3 is 5.97 Å². The van der Waals surface area contributed by atoms with Crippen LogP contribution in [0, 0.1) is 6.92 Å². The highest BCUT2D eigenvalue weighted by atomic mass is 32.2. The minimum atomic E-state index is -3.84. The van der Waals surface area contributed by atoms with Crippen LogP contribution in [0.3, 0.4) is 0 Å². The number of sulfonamides is 1. The van der Waals surface area contributed by atoms with E-state index < -0.39 is 26.5 Å². The van der Waals surface area contributed by atoms with Gasteiger partial charge in [0.15, 0.2) is 0 Å². The molecule has 22 heavy (non-hydrogen) atoms. The first-order valence-electron chi connectivity index (χ1n) is 6.69. The molecule has 0 spiro atoms. The van der Waals surface area contributed by atoms with Crippen LogP contribution in [0.5, 0.6) is 0 Å². The summed E-state index contributed by atoms with van der Waals surface area (Å²) in [7, 11) is -4.30. The second-order valence-electron chi connectivity index (χ2n) is 4.83. The van der Waals surface area contributed by atoms with Crippen molar-refractivity contribution in [1.29, 1.82) is 0 Å². The fourth-order valence-electron chi connectivity index (χ4n) is 1.79. The lowest BCUT2D eigenvalue weighted by atomic mass is 10.2. The summed E-state index contributed by atoms with van der Waals surface area (Å²) in [6.45, 7) is 5.33. The number of nitrogens with zero attached hydrogens (tertiary/aromatic N) is 1. The van der Waals surface area contributed by atoms with Crippen molar-refractivity contribution in [3.05, 3.63) is 29.8 Å². The number of hydrogen-bond acceptors (Lipinski definition) is 4. The Morgan fingerprint density at radius 1 is 1.23 bits per heavy atom. The monoisotopic (exact) mass is 343 g/mol. The predicted molar refractivity (Wildman–Crippen MR) is 92.6 cm³/mol. The van der Waals surface area contributed by atoms with Gasteiger partial charge in [-0.05, 0) is 45.4 Å². The van der Waals surface area contributed by atoms with Gasteiger partial charge in [-0.1, -0.05) is 17.7 Å². The van der Waals surface area contributed by atoms with E-state index in [0.29, 0.717) is 4.86 Å². The first-order chi connectivity index (χ1) is 10.2. The molecule has 5 nitrogen and oxygen atoms in total.